The van der Waals surface area contributed by atoms with Crippen molar-refractivity contribution in [2.75, 3.05) is 18.2 Å². The zero-order valence-electron chi connectivity index (χ0n) is 15.2. The largest absolute Gasteiger partial charge is 0.495 e. The second kappa shape index (κ2) is 8.77. The van der Waals surface area contributed by atoms with Crippen molar-refractivity contribution in [2.45, 2.75) is 25.5 Å². The topological polar surface area (TPSA) is 69.0 Å². The summed E-state index contributed by atoms with van der Waals surface area (Å²) in [5.74, 6) is 1.42. The number of methoxy groups -OCH3 is 1. The van der Waals surface area contributed by atoms with Gasteiger partial charge < -0.3 is 14.6 Å². The van der Waals surface area contributed by atoms with Crippen LogP contribution in [0, 0.1) is 6.92 Å². The number of nitrogens with zero attached hydrogens (tertiary/aromatic N) is 3. The molecule has 1 N–H and O–H groups in total. The summed E-state index contributed by atoms with van der Waals surface area (Å²) in [6, 6.07) is 7.49. The fourth-order valence-corrected chi connectivity index (χ4v) is 4.19. The fraction of sp³-hybridized carbons (Fsp3) is 0.278. The molecule has 0 fully saturated rings. The first-order valence-corrected chi connectivity index (χ1v) is 10.5. The van der Waals surface area contributed by atoms with Crippen LogP contribution in [0.2, 0.25) is 5.02 Å². The number of benzene rings is 1. The van der Waals surface area contributed by atoms with E-state index >= 15 is 0 Å². The van der Waals surface area contributed by atoms with E-state index in [0.29, 0.717) is 16.5 Å². The van der Waals surface area contributed by atoms with E-state index in [2.05, 4.69) is 15.5 Å². The highest BCUT2D eigenvalue weighted by Gasteiger charge is 2.16. The Kier molecular flexibility index (Phi) is 6.41. The maximum atomic E-state index is 12.4. The van der Waals surface area contributed by atoms with Crippen molar-refractivity contribution in [3.8, 4) is 16.5 Å². The van der Waals surface area contributed by atoms with Gasteiger partial charge in [-0.25, -0.2) is 0 Å². The smallest absolute Gasteiger partial charge is 0.234 e. The highest BCUT2D eigenvalue weighted by Crippen LogP contribution is 2.31. The molecule has 3 aromatic rings. The van der Waals surface area contributed by atoms with Crippen molar-refractivity contribution >= 4 is 46.3 Å². The maximum absolute atomic E-state index is 12.4. The summed E-state index contributed by atoms with van der Waals surface area (Å²) in [5, 5.41) is 14.7. The molecule has 0 bridgehead atoms. The number of halogens is 1. The minimum absolute atomic E-state index is 0.150. The maximum Gasteiger partial charge on any atom is 0.234 e. The first-order valence-electron chi connectivity index (χ1n) is 8.27. The number of rotatable bonds is 7. The van der Waals surface area contributed by atoms with E-state index in [1.807, 2.05) is 35.9 Å². The molecule has 142 valence electrons. The Morgan fingerprint density at radius 2 is 2.22 bits per heavy atom. The molecule has 0 aliphatic heterocycles. The average molecular weight is 423 g/mol. The van der Waals surface area contributed by atoms with E-state index < -0.39 is 0 Å². The number of hydrogen-bond acceptors (Lipinski definition) is 6. The minimum Gasteiger partial charge on any atom is -0.495 e. The molecule has 0 saturated heterocycles. The first kappa shape index (κ1) is 19.7. The fourth-order valence-electron chi connectivity index (χ4n) is 2.51. The SMILES string of the molecule is CCn1c(SCC(=O)Nc2cc(C)c(Cl)cc2OC)nnc1-c1cccs1. The number of carbonyl (C=O) groups is 1. The Hall–Kier alpha value is -2.03. The lowest BCUT2D eigenvalue weighted by Crippen LogP contribution is -2.15. The van der Waals surface area contributed by atoms with Gasteiger partial charge in [0.25, 0.3) is 0 Å². The summed E-state index contributed by atoms with van der Waals surface area (Å²) in [6.45, 7) is 4.64. The molecular weight excluding hydrogens is 404 g/mol. The van der Waals surface area contributed by atoms with E-state index in [1.54, 1.807) is 30.6 Å². The van der Waals surface area contributed by atoms with Crippen LogP contribution < -0.4 is 10.1 Å². The number of ether oxygens (including phenoxy) is 1. The third-order valence-corrected chi connectivity index (χ3v) is 6.10. The second-order valence-electron chi connectivity index (χ2n) is 5.67. The lowest BCUT2D eigenvalue weighted by atomic mass is 10.2. The van der Waals surface area contributed by atoms with E-state index in [1.165, 1.54) is 11.8 Å². The first-order chi connectivity index (χ1) is 13.0. The lowest BCUT2D eigenvalue weighted by Gasteiger charge is -2.12. The lowest BCUT2D eigenvalue weighted by molar-refractivity contribution is -0.113. The number of carbonyl (C=O) groups excluding carboxylic acids is 1. The number of aryl methyl sites for hydroxylation is 1. The van der Waals surface area contributed by atoms with Gasteiger partial charge in [-0.1, -0.05) is 29.4 Å². The van der Waals surface area contributed by atoms with Gasteiger partial charge in [0.1, 0.15) is 5.75 Å². The predicted octanol–water partition coefficient (Wildman–Crippen LogP) is 4.73. The van der Waals surface area contributed by atoms with Gasteiger partial charge in [-0.2, -0.15) is 0 Å². The highest BCUT2D eigenvalue weighted by molar-refractivity contribution is 7.99. The van der Waals surface area contributed by atoms with Gasteiger partial charge in [-0.15, -0.1) is 21.5 Å². The Morgan fingerprint density at radius 1 is 1.41 bits per heavy atom. The van der Waals surface area contributed by atoms with Crippen molar-refractivity contribution in [1.82, 2.24) is 14.8 Å². The summed E-state index contributed by atoms with van der Waals surface area (Å²) < 4.78 is 7.31. The van der Waals surface area contributed by atoms with Crippen LogP contribution in [0.5, 0.6) is 5.75 Å². The van der Waals surface area contributed by atoms with Gasteiger partial charge >= 0.3 is 0 Å². The average Bonchev–Trinajstić information content (AvgIpc) is 3.31. The third kappa shape index (κ3) is 4.45. The van der Waals surface area contributed by atoms with Crippen molar-refractivity contribution in [3.63, 3.8) is 0 Å². The molecule has 2 heterocycles. The Bertz CT molecular complexity index is 941. The number of thiophene rings is 1. The normalized spacial score (nSPS) is 10.8. The molecule has 2 aromatic heterocycles. The van der Waals surface area contributed by atoms with E-state index in [-0.39, 0.29) is 11.7 Å². The van der Waals surface area contributed by atoms with Gasteiger partial charge in [-0.3, -0.25) is 4.79 Å². The molecule has 1 aromatic carbocycles. The van der Waals surface area contributed by atoms with Crippen molar-refractivity contribution in [2.24, 2.45) is 0 Å². The Labute approximate surface area is 170 Å². The quantitative estimate of drug-likeness (QED) is 0.557. The summed E-state index contributed by atoms with van der Waals surface area (Å²) in [5.41, 5.74) is 1.47. The monoisotopic (exact) mass is 422 g/mol. The molecular formula is C18H19ClN4O2S2. The van der Waals surface area contributed by atoms with Gasteiger partial charge in [0.15, 0.2) is 11.0 Å². The summed E-state index contributed by atoms with van der Waals surface area (Å²) in [7, 11) is 1.54. The molecule has 0 spiro atoms. The van der Waals surface area contributed by atoms with Crippen molar-refractivity contribution in [1.29, 1.82) is 0 Å². The third-order valence-electron chi connectivity index (χ3n) is 3.86. The Morgan fingerprint density at radius 3 is 2.89 bits per heavy atom. The second-order valence-corrected chi connectivity index (χ2v) is 7.96. The van der Waals surface area contributed by atoms with Gasteiger partial charge in [0.05, 0.1) is 23.4 Å². The summed E-state index contributed by atoms with van der Waals surface area (Å²) >= 11 is 9.07. The molecule has 0 saturated carbocycles. The van der Waals surface area contributed by atoms with E-state index in [9.17, 15) is 4.79 Å². The summed E-state index contributed by atoms with van der Waals surface area (Å²) in [6.07, 6.45) is 0. The molecule has 0 aliphatic rings. The molecule has 3 rings (SSSR count). The van der Waals surface area contributed by atoms with E-state index in [0.717, 1.165) is 28.0 Å². The van der Waals surface area contributed by atoms with Crippen molar-refractivity contribution in [3.05, 3.63) is 40.2 Å². The van der Waals surface area contributed by atoms with Gasteiger partial charge in [0, 0.05) is 17.6 Å². The zero-order chi connectivity index (χ0) is 19.4. The number of amides is 1. The van der Waals surface area contributed by atoms with E-state index in [4.69, 9.17) is 16.3 Å². The van der Waals surface area contributed by atoms with Crippen LogP contribution in [0.4, 0.5) is 5.69 Å². The molecule has 0 aliphatic carbocycles. The number of nitrogens with one attached hydrogen (secondary N) is 1. The number of aromatic nitrogens is 3. The summed E-state index contributed by atoms with van der Waals surface area (Å²) in [4.78, 5) is 13.5. The van der Waals surface area contributed by atoms with Gasteiger partial charge in [0.2, 0.25) is 5.91 Å². The van der Waals surface area contributed by atoms with Crippen LogP contribution in [-0.4, -0.2) is 33.5 Å². The molecule has 27 heavy (non-hydrogen) atoms. The van der Waals surface area contributed by atoms with Crippen LogP contribution >= 0.6 is 34.7 Å². The van der Waals surface area contributed by atoms with Gasteiger partial charge in [-0.05, 0) is 36.9 Å². The number of thioether (sulfide) groups is 1. The standard InChI is InChI=1S/C18H19ClN4O2S2/c1-4-23-17(15-6-5-7-26-15)21-22-18(23)27-10-16(24)20-13-8-11(2)12(19)9-14(13)25-3/h5-9H,4,10H2,1-3H3,(H,20,24). The molecule has 0 unspecified atom stereocenters. The molecule has 0 radical (unpaired) electrons. The Balaban J connectivity index is 1.69. The highest BCUT2D eigenvalue weighted by atomic mass is 35.5. The number of anilines is 1. The molecule has 0 atom stereocenters. The van der Waals surface area contributed by atoms with Crippen LogP contribution in [0.25, 0.3) is 10.7 Å². The minimum atomic E-state index is -0.150. The molecule has 1 amide bonds. The number of hydrogen-bond donors (Lipinski definition) is 1. The van der Waals surface area contributed by atoms with Crippen LogP contribution in [0.3, 0.4) is 0 Å². The predicted molar refractivity (Wildman–Crippen MR) is 111 cm³/mol. The molecule has 9 heteroatoms. The molecule has 6 nitrogen and oxygen atoms in total. The van der Waals surface area contributed by atoms with Crippen LogP contribution in [0.1, 0.15) is 12.5 Å². The van der Waals surface area contributed by atoms with Crippen LogP contribution in [-0.2, 0) is 11.3 Å². The van der Waals surface area contributed by atoms with Crippen molar-refractivity contribution < 1.29 is 9.53 Å². The zero-order valence-corrected chi connectivity index (χ0v) is 17.5. The van der Waals surface area contributed by atoms with Crippen LogP contribution in [0.15, 0.2) is 34.8 Å².